The van der Waals surface area contributed by atoms with E-state index in [1.54, 1.807) is 0 Å². The molecule has 0 spiro atoms. The van der Waals surface area contributed by atoms with Gasteiger partial charge in [-0.05, 0) is 0 Å². The van der Waals surface area contributed by atoms with Crippen molar-refractivity contribution >= 4 is 18.2 Å². The molecule has 8 heavy (non-hydrogen) atoms. The molecule has 0 aliphatic heterocycles. The Kier molecular flexibility index (Phi) is 12.8. The molecule has 8 heteroatoms. The predicted molar refractivity (Wildman–Crippen MR) is 27.1 cm³/mol. The van der Waals surface area contributed by atoms with E-state index in [9.17, 15) is 0 Å². The highest BCUT2D eigenvalue weighted by molar-refractivity contribution is 7.61. The molecule has 0 unspecified atom stereocenters. The molecule has 0 bridgehead atoms. The molecular formula is H5BN2O4S. The van der Waals surface area contributed by atoms with Gasteiger partial charge in [-0.1, -0.05) is 4.47 Å². The minimum Gasteiger partial charge on any atom is -0.430 e. The SMILES string of the molecule is NN=S(=O)=O.OBO. The first-order valence-corrected chi connectivity index (χ1v) is 2.44. The first-order valence-electron chi connectivity index (χ1n) is 1.41. The van der Waals surface area contributed by atoms with Gasteiger partial charge in [0.2, 0.25) is 0 Å². The van der Waals surface area contributed by atoms with E-state index in [-0.39, 0.29) is 0 Å². The third kappa shape index (κ3) is 47.4. The second-order valence-corrected chi connectivity index (χ2v) is 1.11. The van der Waals surface area contributed by atoms with Crippen molar-refractivity contribution in [3.8, 4) is 0 Å². The van der Waals surface area contributed by atoms with Gasteiger partial charge in [-0.2, -0.15) is 8.42 Å². The zero-order chi connectivity index (χ0) is 6.99. The van der Waals surface area contributed by atoms with E-state index in [1.165, 1.54) is 0 Å². The van der Waals surface area contributed by atoms with Crippen molar-refractivity contribution in [2.45, 2.75) is 0 Å². The van der Waals surface area contributed by atoms with E-state index < -0.39 is 18.2 Å². The Morgan fingerprint density at radius 3 is 1.62 bits per heavy atom. The molecular weight excluding hydrogens is 135 g/mol. The molecule has 0 saturated carbocycles. The molecule has 0 aromatic carbocycles. The van der Waals surface area contributed by atoms with Crippen molar-refractivity contribution < 1.29 is 18.5 Å². The van der Waals surface area contributed by atoms with Gasteiger partial charge in [-0.3, -0.25) is 0 Å². The summed E-state index contributed by atoms with van der Waals surface area (Å²) in [6.45, 7) is 0. The lowest BCUT2D eigenvalue weighted by atomic mass is 10.5. The fraction of sp³-hybridized carbons (Fsp3) is 0. The van der Waals surface area contributed by atoms with Crippen molar-refractivity contribution in [3.05, 3.63) is 0 Å². The van der Waals surface area contributed by atoms with E-state index in [1.807, 2.05) is 0 Å². The van der Waals surface area contributed by atoms with Gasteiger partial charge in [-0.15, -0.1) is 0 Å². The highest BCUT2D eigenvalue weighted by Gasteiger charge is 1.48. The van der Waals surface area contributed by atoms with Crippen LogP contribution in [0.2, 0.25) is 0 Å². The lowest BCUT2D eigenvalue weighted by Crippen LogP contribution is -1.75. The van der Waals surface area contributed by atoms with E-state index >= 15 is 0 Å². The molecule has 0 aromatic rings. The zero-order valence-electron chi connectivity index (χ0n) is 3.85. The fourth-order valence-electron chi connectivity index (χ4n) is 0. The molecule has 6 nitrogen and oxygen atoms in total. The van der Waals surface area contributed by atoms with Crippen LogP contribution >= 0.6 is 0 Å². The number of nitrogens with two attached hydrogens (primary N) is 1. The van der Waals surface area contributed by atoms with Crippen molar-refractivity contribution in [2.75, 3.05) is 0 Å². The Hall–Kier alpha value is -0.435. The van der Waals surface area contributed by atoms with Crippen molar-refractivity contribution in [3.63, 3.8) is 0 Å². The summed E-state index contributed by atoms with van der Waals surface area (Å²) in [5, 5.41) is 14.2. The van der Waals surface area contributed by atoms with Crippen molar-refractivity contribution in [1.82, 2.24) is 0 Å². The summed E-state index contributed by atoms with van der Waals surface area (Å²) in [6.07, 6.45) is 0. The van der Waals surface area contributed by atoms with Gasteiger partial charge < -0.3 is 10.0 Å². The summed E-state index contributed by atoms with van der Waals surface area (Å²) >= 11 is 0. The smallest absolute Gasteiger partial charge is 0.430 e. The summed E-state index contributed by atoms with van der Waals surface area (Å²) in [5.41, 5.74) is 0. The highest BCUT2D eigenvalue weighted by atomic mass is 32.2. The summed E-state index contributed by atoms with van der Waals surface area (Å²) in [6, 6.07) is 0. The van der Waals surface area contributed by atoms with Crippen LogP contribution in [0.25, 0.3) is 0 Å². The maximum atomic E-state index is 9.08. The van der Waals surface area contributed by atoms with E-state index in [0.29, 0.717) is 0 Å². The molecule has 0 aliphatic rings. The van der Waals surface area contributed by atoms with Crippen LogP contribution in [0.3, 0.4) is 0 Å². The molecule has 0 amide bonds. The Balaban J connectivity index is 0. The van der Waals surface area contributed by atoms with Crippen LogP contribution < -0.4 is 5.84 Å². The number of rotatable bonds is 0. The third-order valence-electron chi connectivity index (χ3n) is 0.0861. The van der Waals surface area contributed by atoms with Gasteiger partial charge in [0.05, 0.1) is 0 Å². The lowest BCUT2D eigenvalue weighted by molar-refractivity contribution is 0.448. The van der Waals surface area contributed by atoms with Gasteiger partial charge in [0.1, 0.15) is 0 Å². The van der Waals surface area contributed by atoms with Gasteiger partial charge in [0.15, 0.2) is 0 Å². The average Bonchev–Trinajstić information content (AvgIpc) is 1.69. The molecule has 0 atom stereocenters. The zero-order valence-corrected chi connectivity index (χ0v) is 4.67. The van der Waals surface area contributed by atoms with Crippen LogP contribution in [0, 0.1) is 0 Å². The second kappa shape index (κ2) is 9.76. The first kappa shape index (κ1) is 10.5. The van der Waals surface area contributed by atoms with E-state index in [2.05, 4.69) is 10.3 Å². The summed E-state index contributed by atoms with van der Waals surface area (Å²) < 4.78 is 20.5. The molecule has 0 aromatic heterocycles. The van der Waals surface area contributed by atoms with Crippen LogP contribution in [-0.2, 0) is 10.5 Å². The standard InChI is InChI=1S/BH3O2.H2N2O2S/c2-1-3;1-2-5(3)4/h1-3H;1H2. The van der Waals surface area contributed by atoms with Crippen LogP contribution in [0.15, 0.2) is 4.47 Å². The van der Waals surface area contributed by atoms with Crippen molar-refractivity contribution in [1.29, 1.82) is 0 Å². The fourth-order valence-corrected chi connectivity index (χ4v) is 0. The van der Waals surface area contributed by atoms with Crippen LogP contribution in [0.5, 0.6) is 0 Å². The number of hydrogen-bond acceptors (Lipinski definition) is 5. The Labute approximate surface area is 47.9 Å². The molecule has 0 aliphatic carbocycles. The maximum Gasteiger partial charge on any atom is 0.432 e. The molecule has 0 saturated heterocycles. The molecule has 48 valence electrons. The van der Waals surface area contributed by atoms with Gasteiger partial charge >= 0.3 is 18.2 Å². The highest BCUT2D eigenvalue weighted by Crippen LogP contribution is 1.32. The summed E-state index contributed by atoms with van der Waals surface area (Å²) in [7, 11) is -3.17. The molecule has 4 N–H and O–H groups in total. The predicted octanol–water partition coefficient (Wildman–Crippen LogP) is -2.84. The third-order valence-corrected chi connectivity index (χ3v) is 0.258. The van der Waals surface area contributed by atoms with Gasteiger partial charge in [-0.25, -0.2) is 5.84 Å². The molecule has 0 heterocycles. The van der Waals surface area contributed by atoms with E-state index in [4.69, 9.17) is 18.5 Å². The molecule has 0 rings (SSSR count). The topological polar surface area (TPSA) is 113 Å². The van der Waals surface area contributed by atoms with Crippen LogP contribution in [0.1, 0.15) is 0 Å². The first-order chi connectivity index (χ1) is 3.68. The minimum absolute atomic E-state index is 0.750. The number of nitrogens with zero attached hydrogens (tertiary/aromatic N) is 1. The maximum absolute atomic E-state index is 9.08. The average molecular weight is 140 g/mol. The Morgan fingerprint density at radius 1 is 1.50 bits per heavy atom. The lowest BCUT2D eigenvalue weighted by Gasteiger charge is -1.48. The van der Waals surface area contributed by atoms with Crippen LogP contribution in [-0.4, -0.2) is 26.2 Å². The van der Waals surface area contributed by atoms with Crippen LogP contribution in [0.4, 0.5) is 0 Å². The van der Waals surface area contributed by atoms with Gasteiger partial charge in [0.25, 0.3) is 0 Å². The quantitative estimate of drug-likeness (QED) is 0.190. The Morgan fingerprint density at radius 2 is 1.62 bits per heavy atom. The molecule has 0 fully saturated rings. The normalized spacial score (nSPS) is 5.88. The van der Waals surface area contributed by atoms with E-state index in [0.717, 1.165) is 0 Å². The monoisotopic (exact) mass is 140 g/mol. The summed E-state index contributed by atoms with van der Waals surface area (Å²) in [4.78, 5) is 0. The largest absolute Gasteiger partial charge is 0.432 e. The number of hydrogen-bond donors (Lipinski definition) is 3. The Bertz CT molecular complexity index is 128. The summed E-state index contributed by atoms with van der Waals surface area (Å²) in [5.74, 6) is 4.18. The van der Waals surface area contributed by atoms with Crippen molar-refractivity contribution in [2.24, 2.45) is 10.3 Å². The molecule has 0 radical (unpaired) electrons. The second-order valence-electron chi connectivity index (χ2n) is 0.464. The minimum atomic E-state index is -2.42. The van der Waals surface area contributed by atoms with Gasteiger partial charge in [0, 0.05) is 0 Å².